The van der Waals surface area contributed by atoms with Crippen molar-refractivity contribution in [2.24, 2.45) is 0 Å². The maximum Gasteiger partial charge on any atom is 0.405 e. The van der Waals surface area contributed by atoms with E-state index in [-0.39, 0.29) is 17.9 Å². The Balaban J connectivity index is 2.79. The van der Waals surface area contributed by atoms with Crippen LogP contribution in [0.15, 0.2) is 0 Å². The summed E-state index contributed by atoms with van der Waals surface area (Å²) in [6, 6.07) is -0.0132. The summed E-state index contributed by atoms with van der Waals surface area (Å²) in [5.41, 5.74) is 0. The Morgan fingerprint density at radius 2 is 1.68 bits per heavy atom. The molecule has 0 amide bonds. The Bertz CT molecular complexity index is 399. The maximum atomic E-state index is 12.1. The van der Waals surface area contributed by atoms with Gasteiger partial charge in [-0.05, 0) is 13.3 Å². The summed E-state index contributed by atoms with van der Waals surface area (Å²) in [4.78, 5) is 11.5. The SMILES string of the molecule is CCCNc1nc(NCC(F)(F)F)nc(OCC)n1. The number of hydrogen-bond acceptors (Lipinski definition) is 6. The van der Waals surface area contributed by atoms with Crippen LogP contribution < -0.4 is 15.4 Å². The fourth-order valence-corrected chi connectivity index (χ4v) is 1.12. The first kappa shape index (κ1) is 15.3. The first-order valence-corrected chi connectivity index (χ1v) is 5.88. The standard InChI is InChI=1S/C10H16F3N5O/c1-3-5-14-7-16-8(15-6-10(11,12)13)18-9(17-7)19-4-2/h3-6H2,1-2H3,(H2,14,15,16,17,18). The molecule has 108 valence electrons. The highest BCUT2D eigenvalue weighted by atomic mass is 19.4. The molecule has 0 saturated heterocycles. The zero-order valence-corrected chi connectivity index (χ0v) is 10.7. The second kappa shape index (κ2) is 6.95. The number of rotatable bonds is 7. The van der Waals surface area contributed by atoms with Crippen molar-refractivity contribution in [3.63, 3.8) is 0 Å². The van der Waals surface area contributed by atoms with Gasteiger partial charge in [-0.15, -0.1) is 0 Å². The van der Waals surface area contributed by atoms with Gasteiger partial charge in [0.2, 0.25) is 11.9 Å². The second-order valence-electron chi connectivity index (χ2n) is 3.59. The van der Waals surface area contributed by atoms with Crippen molar-refractivity contribution in [3.05, 3.63) is 0 Å². The largest absolute Gasteiger partial charge is 0.464 e. The summed E-state index contributed by atoms with van der Waals surface area (Å²) < 4.78 is 41.4. The zero-order valence-electron chi connectivity index (χ0n) is 10.7. The smallest absolute Gasteiger partial charge is 0.405 e. The van der Waals surface area contributed by atoms with Crippen LogP contribution in [0.5, 0.6) is 6.01 Å². The van der Waals surface area contributed by atoms with Crippen molar-refractivity contribution in [3.8, 4) is 6.01 Å². The Hall–Kier alpha value is -1.80. The highest BCUT2D eigenvalue weighted by Gasteiger charge is 2.27. The van der Waals surface area contributed by atoms with Crippen LogP contribution in [0.2, 0.25) is 0 Å². The van der Waals surface area contributed by atoms with Crippen LogP contribution in [0, 0.1) is 0 Å². The Morgan fingerprint density at radius 3 is 2.21 bits per heavy atom. The van der Waals surface area contributed by atoms with E-state index >= 15 is 0 Å². The van der Waals surface area contributed by atoms with E-state index in [1.54, 1.807) is 6.92 Å². The zero-order chi connectivity index (χ0) is 14.3. The normalized spacial score (nSPS) is 11.2. The van der Waals surface area contributed by atoms with Gasteiger partial charge in [0.05, 0.1) is 6.61 Å². The van der Waals surface area contributed by atoms with Crippen molar-refractivity contribution in [2.75, 3.05) is 30.3 Å². The monoisotopic (exact) mass is 279 g/mol. The third-order valence-electron chi connectivity index (χ3n) is 1.87. The molecule has 19 heavy (non-hydrogen) atoms. The van der Waals surface area contributed by atoms with Crippen LogP contribution >= 0.6 is 0 Å². The molecule has 0 unspecified atom stereocenters. The number of ether oxygens (including phenoxy) is 1. The molecule has 0 spiro atoms. The third kappa shape index (κ3) is 6.07. The first-order valence-electron chi connectivity index (χ1n) is 5.88. The van der Waals surface area contributed by atoms with E-state index in [0.29, 0.717) is 13.2 Å². The third-order valence-corrected chi connectivity index (χ3v) is 1.87. The molecule has 1 aromatic rings. The van der Waals surface area contributed by atoms with E-state index in [1.807, 2.05) is 6.92 Å². The van der Waals surface area contributed by atoms with Crippen LogP contribution in [0.1, 0.15) is 20.3 Å². The summed E-state index contributed by atoms with van der Waals surface area (Å²) in [5, 5.41) is 4.96. The molecule has 1 heterocycles. The molecular weight excluding hydrogens is 263 g/mol. The summed E-state index contributed by atoms with van der Waals surface area (Å²) in [7, 11) is 0. The van der Waals surface area contributed by atoms with Crippen molar-refractivity contribution in [1.82, 2.24) is 15.0 Å². The van der Waals surface area contributed by atoms with Crippen molar-refractivity contribution < 1.29 is 17.9 Å². The van der Waals surface area contributed by atoms with Gasteiger partial charge < -0.3 is 15.4 Å². The molecule has 0 fully saturated rings. The van der Waals surface area contributed by atoms with E-state index in [9.17, 15) is 13.2 Å². The fraction of sp³-hybridized carbons (Fsp3) is 0.700. The van der Waals surface area contributed by atoms with Gasteiger partial charge in [-0.25, -0.2) is 0 Å². The van der Waals surface area contributed by atoms with Crippen LogP contribution in [-0.4, -0.2) is 40.8 Å². The van der Waals surface area contributed by atoms with E-state index in [4.69, 9.17) is 4.74 Å². The first-order chi connectivity index (χ1) is 8.94. The molecule has 6 nitrogen and oxygen atoms in total. The summed E-state index contributed by atoms with van der Waals surface area (Å²) in [5.74, 6) is 0.0133. The van der Waals surface area contributed by atoms with E-state index in [1.165, 1.54) is 0 Å². The number of nitrogens with zero attached hydrogens (tertiary/aromatic N) is 3. The average Bonchev–Trinajstić information content (AvgIpc) is 2.33. The molecule has 0 aliphatic heterocycles. The lowest BCUT2D eigenvalue weighted by Gasteiger charge is -2.11. The summed E-state index contributed by atoms with van der Waals surface area (Å²) >= 11 is 0. The number of anilines is 2. The Labute approximate surface area is 108 Å². The van der Waals surface area contributed by atoms with Gasteiger partial charge in [0.15, 0.2) is 0 Å². The molecular formula is C10H16F3N5O. The minimum Gasteiger partial charge on any atom is -0.464 e. The van der Waals surface area contributed by atoms with Crippen LogP contribution in [0.25, 0.3) is 0 Å². The lowest BCUT2D eigenvalue weighted by atomic mass is 10.5. The van der Waals surface area contributed by atoms with Crippen molar-refractivity contribution in [2.45, 2.75) is 26.4 Å². The fourth-order valence-electron chi connectivity index (χ4n) is 1.12. The van der Waals surface area contributed by atoms with Gasteiger partial charge >= 0.3 is 12.2 Å². The van der Waals surface area contributed by atoms with Crippen LogP contribution in [0.3, 0.4) is 0 Å². The number of hydrogen-bond donors (Lipinski definition) is 2. The van der Waals surface area contributed by atoms with Gasteiger partial charge in [-0.1, -0.05) is 6.92 Å². The van der Waals surface area contributed by atoms with E-state index in [0.717, 1.165) is 6.42 Å². The van der Waals surface area contributed by atoms with Crippen molar-refractivity contribution in [1.29, 1.82) is 0 Å². The second-order valence-corrected chi connectivity index (χ2v) is 3.59. The van der Waals surface area contributed by atoms with Gasteiger partial charge in [-0.3, -0.25) is 0 Å². The van der Waals surface area contributed by atoms with Gasteiger partial charge in [0.25, 0.3) is 0 Å². The highest BCUT2D eigenvalue weighted by Crippen LogP contribution is 2.16. The minimum atomic E-state index is -4.34. The quantitative estimate of drug-likeness (QED) is 0.796. The Morgan fingerprint density at radius 1 is 1.05 bits per heavy atom. The number of aromatic nitrogens is 3. The molecule has 0 aromatic carbocycles. The van der Waals surface area contributed by atoms with Crippen LogP contribution in [-0.2, 0) is 0 Å². The molecule has 9 heteroatoms. The predicted molar refractivity (Wildman–Crippen MR) is 64.3 cm³/mol. The predicted octanol–water partition coefficient (Wildman–Crippen LogP) is 2.07. The van der Waals surface area contributed by atoms with Crippen molar-refractivity contribution >= 4 is 11.9 Å². The molecule has 0 aliphatic rings. The maximum absolute atomic E-state index is 12.1. The number of nitrogens with one attached hydrogen (secondary N) is 2. The molecule has 1 rings (SSSR count). The van der Waals surface area contributed by atoms with Gasteiger partial charge in [-0.2, -0.15) is 28.1 Å². The van der Waals surface area contributed by atoms with E-state index < -0.39 is 12.7 Å². The molecule has 0 radical (unpaired) electrons. The van der Waals surface area contributed by atoms with Gasteiger partial charge in [0.1, 0.15) is 6.54 Å². The Kier molecular flexibility index (Phi) is 5.58. The lowest BCUT2D eigenvalue weighted by Crippen LogP contribution is -2.23. The molecule has 1 aromatic heterocycles. The van der Waals surface area contributed by atoms with Gasteiger partial charge in [0, 0.05) is 6.54 Å². The minimum absolute atomic E-state index is 0.0132. The topological polar surface area (TPSA) is 72.0 Å². The summed E-state index contributed by atoms with van der Waals surface area (Å²) in [6.45, 7) is 3.38. The molecule has 2 N–H and O–H groups in total. The molecule has 0 aliphatic carbocycles. The summed E-state index contributed by atoms with van der Waals surface area (Å²) in [6.07, 6.45) is -3.50. The number of alkyl halides is 3. The highest BCUT2D eigenvalue weighted by molar-refractivity contribution is 5.35. The van der Waals surface area contributed by atoms with Crippen LogP contribution in [0.4, 0.5) is 25.1 Å². The molecule has 0 saturated carbocycles. The lowest BCUT2D eigenvalue weighted by molar-refractivity contribution is -0.115. The average molecular weight is 279 g/mol. The number of halogens is 3. The van der Waals surface area contributed by atoms with E-state index in [2.05, 4.69) is 25.6 Å². The molecule has 0 atom stereocenters. The molecule has 0 bridgehead atoms.